The number of nitrogens with zero attached hydrogens (tertiary/aromatic N) is 2. The lowest BCUT2D eigenvalue weighted by Gasteiger charge is -2.10. The van der Waals surface area contributed by atoms with Gasteiger partial charge in [-0.1, -0.05) is 35.9 Å². The third-order valence-corrected chi connectivity index (χ3v) is 4.24. The van der Waals surface area contributed by atoms with Gasteiger partial charge in [-0.25, -0.2) is 4.98 Å². The van der Waals surface area contributed by atoms with Crippen molar-refractivity contribution in [3.63, 3.8) is 0 Å². The number of aromatic nitrogens is 2. The molecule has 6 heteroatoms. The molecule has 2 aromatic carbocycles. The second-order valence-electron chi connectivity index (χ2n) is 5.90. The van der Waals surface area contributed by atoms with Gasteiger partial charge in [0, 0.05) is 34.1 Å². The molecule has 5 nitrogen and oxygen atoms in total. The molecule has 0 aliphatic carbocycles. The van der Waals surface area contributed by atoms with E-state index in [1.165, 1.54) is 0 Å². The van der Waals surface area contributed by atoms with Crippen LogP contribution in [-0.2, 0) is 0 Å². The number of pyridine rings is 2. The predicted octanol–water partition coefficient (Wildman–Crippen LogP) is 5.28. The standard InChI is InChI=1S/C21H15ClN4O/c22-16-6-2-7-17(13-16)25-21(27)15-9-11-23-19(12-15)26-18-8-1-4-14-5-3-10-24-20(14)18/h1-13H,(H,23,26)(H,25,27). The van der Waals surface area contributed by atoms with Crippen LogP contribution in [0.25, 0.3) is 10.9 Å². The molecule has 0 fully saturated rings. The molecule has 0 unspecified atom stereocenters. The number of amides is 1. The highest BCUT2D eigenvalue weighted by molar-refractivity contribution is 6.31. The fourth-order valence-electron chi connectivity index (χ4n) is 2.75. The minimum absolute atomic E-state index is 0.237. The van der Waals surface area contributed by atoms with Gasteiger partial charge in [-0.15, -0.1) is 0 Å². The number of carbonyl (C=O) groups is 1. The van der Waals surface area contributed by atoms with Crippen LogP contribution in [0, 0.1) is 0 Å². The van der Waals surface area contributed by atoms with Crippen molar-refractivity contribution in [2.75, 3.05) is 10.6 Å². The van der Waals surface area contributed by atoms with Crippen molar-refractivity contribution >= 4 is 45.6 Å². The number of hydrogen-bond acceptors (Lipinski definition) is 4. The van der Waals surface area contributed by atoms with Gasteiger partial charge in [-0.3, -0.25) is 9.78 Å². The molecule has 2 aromatic heterocycles. The van der Waals surface area contributed by atoms with Gasteiger partial charge in [0.1, 0.15) is 5.82 Å². The topological polar surface area (TPSA) is 66.9 Å². The number of carbonyl (C=O) groups excluding carboxylic acids is 1. The Kier molecular flexibility index (Phi) is 4.68. The summed E-state index contributed by atoms with van der Waals surface area (Å²) in [5.41, 5.74) is 2.79. The van der Waals surface area contributed by atoms with Gasteiger partial charge >= 0.3 is 0 Å². The first-order chi connectivity index (χ1) is 13.2. The molecule has 4 aromatic rings. The first-order valence-corrected chi connectivity index (χ1v) is 8.70. The van der Waals surface area contributed by atoms with Crippen LogP contribution in [0.5, 0.6) is 0 Å². The molecule has 0 aliphatic rings. The molecule has 4 rings (SSSR count). The lowest BCUT2D eigenvalue weighted by molar-refractivity contribution is 0.102. The van der Waals surface area contributed by atoms with E-state index in [4.69, 9.17) is 11.6 Å². The Morgan fingerprint density at radius 1 is 0.889 bits per heavy atom. The van der Waals surface area contributed by atoms with E-state index in [-0.39, 0.29) is 5.91 Å². The summed E-state index contributed by atoms with van der Waals surface area (Å²) in [7, 11) is 0. The third-order valence-electron chi connectivity index (χ3n) is 4.00. The maximum atomic E-state index is 12.5. The number of halogens is 1. The fraction of sp³-hybridized carbons (Fsp3) is 0. The number of hydrogen-bond donors (Lipinski definition) is 2. The van der Waals surface area contributed by atoms with Crippen molar-refractivity contribution in [3.05, 3.63) is 89.7 Å². The second-order valence-corrected chi connectivity index (χ2v) is 6.34. The van der Waals surface area contributed by atoms with Gasteiger partial charge in [-0.2, -0.15) is 0 Å². The minimum atomic E-state index is -0.237. The van der Waals surface area contributed by atoms with Crippen LogP contribution in [0.2, 0.25) is 5.02 Å². The van der Waals surface area contributed by atoms with Crippen molar-refractivity contribution in [2.45, 2.75) is 0 Å². The fourth-order valence-corrected chi connectivity index (χ4v) is 2.94. The minimum Gasteiger partial charge on any atom is -0.338 e. The van der Waals surface area contributed by atoms with E-state index in [9.17, 15) is 4.79 Å². The third kappa shape index (κ3) is 3.88. The summed E-state index contributed by atoms with van der Waals surface area (Å²) in [4.78, 5) is 21.2. The number of anilines is 3. The zero-order chi connectivity index (χ0) is 18.6. The smallest absolute Gasteiger partial charge is 0.255 e. The average molecular weight is 375 g/mol. The highest BCUT2D eigenvalue weighted by Gasteiger charge is 2.09. The zero-order valence-electron chi connectivity index (χ0n) is 14.2. The Bertz CT molecular complexity index is 1120. The maximum absolute atomic E-state index is 12.5. The zero-order valence-corrected chi connectivity index (χ0v) is 14.9. The first-order valence-electron chi connectivity index (χ1n) is 8.33. The van der Waals surface area contributed by atoms with E-state index in [1.54, 1.807) is 48.8 Å². The van der Waals surface area contributed by atoms with Gasteiger partial charge in [-0.05, 0) is 42.5 Å². The number of fused-ring (bicyclic) bond motifs is 1. The van der Waals surface area contributed by atoms with Crippen molar-refractivity contribution in [1.29, 1.82) is 0 Å². The van der Waals surface area contributed by atoms with Gasteiger partial charge < -0.3 is 10.6 Å². The van der Waals surface area contributed by atoms with Crippen LogP contribution in [0.1, 0.15) is 10.4 Å². The first kappa shape index (κ1) is 17.0. The molecular formula is C21H15ClN4O. The molecule has 27 heavy (non-hydrogen) atoms. The summed E-state index contributed by atoms with van der Waals surface area (Å²) in [6.45, 7) is 0. The molecule has 1 amide bonds. The van der Waals surface area contributed by atoms with Crippen LogP contribution in [0.4, 0.5) is 17.2 Å². The quantitative estimate of drug-likeness (QED) is 0.510. The Balaban J connectivity index is 1.58. The predicted molar refractivity (Wildman–Crippen MR) is 109 cm³/mol. The Hall–Kier alpha value is -3.44. The number of rotatable bonds is 4. The summed E-state index contributed by atoms with van der Waals surface area (Å²) in [6, 6.07) is 20.1. The van der Waals surface area contributed by atoms with Crippen molar-refractivity contribution < 1.29 is 4.79 Å². The Morgan fingerprint density at radius 2 is 1.74 bits per heavy atom. The summed E-state index contributed by atoms with van der Waals surface area (Å²) in [5.74, 6) is 0.325. The van der Waals surface area contributed by atoms with E-state index in [1.807, 2.05) is 30.3 Å². The van der Waals surface area contributed by atoms with E-state index < -0.39 is 0 Å². The van der Waals surface area contributed by atoms with Crippen LogP contribution >= 0.6 is 11.6 Å². The summed E-state index contributed by atoms with van der Waals surface area (Å²) in [6.07, 6.45) is 3.34. The second kappa shape index (κ2) is 7.43. The van der Waals surface area contributed by atoms with E-state index in [0.717, 1.165) is 16.6 Å². The molecule has 0 aliphatic heterocycles. The van der Waals surface area contributed by atoms with Crippen LogP contribution in [0.3, 0.4) is 0 Å². The van der Waals surface area contributed by atoms with Gasteiger partial charge in [0.25, 0.3) is 5.91 Å². The summed E-state index contributed by atoms with van der Waals surface area (Å²) < 4.78 is 0. The molecule has 2 N–H and O–H groups in total. The Labute approximate surface area is 161 Å². The molecular weight excluding hydrogens is 360 g/mol. The van der Waals surface area contributed by atoms with Gasteiger partial charge in [0.2, 0.25) is 0 Å². The van der Waals surface area contributed by atoms with Gasteiger partial charge in [0.05, 0.1) is 11.2 Å². The lowest BCUT2D eigenvalue weighted by atomic mass is 10.2. The van der Waals surface area contributed by atoms with E-state index in [2.05, 4.69) is 20.6 Å². The van der Waals surface area contributed by atoms with Crippen LogP contribution in [-0.4, -0.2) is 15.9 Å². The Morgan fingerprint density at radius 3 is 2.63 bits per heavy atom. The highest BCUT2D eigenvalue weighted by atomic mass is 35.5. The largest absolute Gasteiger partial charge is 0.338 e. The number of benzene rings is 2. The molecule has 2 heterocycles. The number of para-hydroxylation sites is 1. The molecule has 0 radical (unpaired) electrons. The van der Waals surface area contributed by atoms with E-state index in [0.29, 0.717) is 22.1 Å². The molecule has 0 saturated carbocycles. The lowest BCUT2D eigenvalue weighted by Crippen LogP contribution is -2.12. The number of nitrogens with one attached hydrogen (secondary N) is 2. The van der Waals surface area contributed by atoms with Crippen molar-refractivity contribution in [1.82, 2.24) is 9.97 Å². The highest BCUT2D eigenvalue weighted by Crippen LogP contribution is 2.24. The molecule has 0 bridgehead atoms. The van der Waals surface area contributed by atoms with Crippen LogP contribution < -0.4 is 10.6 Å². The van der Waals surface area contributed by atoms with Crippen LogP contribution in [0.15, 0.2) is 79.1 Å². The van der Waals surface area contributed by atoms with Crippen molar-refractivity contribution in [3.8, 4) is 0 Å². The SMILES string of the molecule is O=C(Nc1cccc(Cl)c1)c1ccnc(Nc2cccc3cccnc23)c1. The van der Waals surface area contributed by atoms with E-state index >= 15 is 0 Å². The molecule has 0 saturated heterocycles. The molecule has 0 spiro atoms. The summed E-state index contributed by atoms with van der Waals surface area (Å²) in [5, 5.41) is 7.66. The monoisotopic (exact) mass is 374 g/mol. The maximum Gasteiger partial charge on any atom is 0.255 e. The summed E-state index contributed by atoms with van der Waals surface area (Å²) >= 11 is 5.96. The normalized spacial score (nSPS) is 10.6. The molecule has 0 atom stereocenters. The van der Waals surface area contributed by atoms with Crippen molar-refractivity contribution in [2.24, 2.45) is 0 Å². The van der Waals surface area contributed by atoms with Gasteiger partial charge in [0.15, 0.2) is 0 Å². The average Bonchev–Trinajstić information content (AvgIpc) is 2.68. The molecule has 132 valence electrons.